The largest absolute Gasteiger partial charge is 0.389 e. The molecule has 1 saturated heterocycles. The third-order valence-corrected chi connectivity index (χ3v) is 11.3. The van der Waals surface area contributed by atoms with Crippen molar-refractivity contribution in [2.45, 2.75) is 82.7 Å². The topological polar surface area (TPSA) is 111 Å². The van der Waals surface area contributed by atoms with E-state index in [1.165, 1.54) is 22.5 Å². The van der Waals surface area contributed by atoms with Crippen molar-refractivity contribution in [3.63, 3.8) is 0 Å². The molecule has 242 valence electrons. The number of nitrogens with zero attached hydrogens (tertiary/aromatic N) is 5. The van der Waals surface area contributed by atoms with Gasteiger partial charge in [0.25, 0.3) is 0 Å². The van der Waals surface area contributed by atoms with Crippen LogP contribution in [0.15, 0.2) is 24.3 Å². The fourth-order valence-electron chi connectivity index (χ4n) is 7.99. The summed E-state index contributed by atoms with van der Waals surface area (Å²) in [6.45, 7) is 5.55. The molecule has 9 nitrogen and oxygen atoms in total. The van der Waals surface area contributed by atoms with Crippen molar-refractivity contribution in [2.75, 3.05) is 30.8 Å². The molecule has 0 unspecified atom stereocenters. The lowest BCUT2D eigenvalue weighted by molar-refractivity contribution is -0.166. The van der Waals surface area contributed by atoms with Crippen LogP contribution in [0.2, 0.25) is 0 Å². The van der Waals surface area contributed by atoms with E-state index in [-0.39, 0.29) is 23.4 Å². The van der Waals surface area contributed by atoms with Gasteiger partial charge in [0.2, 0.25) is 12.4 Å². The third kappa shape index (κ3) is 5.66. The molecule has 3 saturated carbocycles. The summed E-state index contributed by atoms with van der Waals surface area (Å²) in [4.78, 5) is 23.8. The van der Waals surface area contributed by atoms with Gasteiger partial charge < -0.3 is 20.5 Å². The molecule has 0 radical (unpaired) electrons. The van der Waals surface area contributed by atoms with Crippen LogP contribution in [-0.2, 0) is 24.3 Å². The lowest BCUT2D eigenvalue weighted by atomic mass is 9.39. The molecule has 3 aliphatic carbocycles. The zero-order valence-electron chi connectivity index (χ0n) is 25.9. The van der Waals surface area contributed by atoms with E-state index >= 15 is 0 Å². The van der Waals surface area contributed by atoms with Gasteiger partial charge in [-0.15, -0.1) is 11.3 Å². The van der Waals surface area contributed by atoms with Crippen molar-refractivity contribution in [1.82, 2.24) is 24.8 Å². The van der Waals surface area contributed by atoms with Crippen molar-refractivity contribution in [3.8, 4) is 6.07 Å². The predicted octanol–water partition coefficient (Wildman–Crippen LogP) is 6.11. The van der Waals surface area contributed by atoms with Crippen LogP contribution in [0.1, 0.15) is 60.2 Å². The lowest BCUT2D eigenvalue weighted by Gasteiger charge is -2.70. The molecule has 0 spiro atoms. The second-order valence-electron chi connectivity index (χ2n) is 13.5. The maximum Gasteiger partial charge on any atom is 0.389 e. The van der Waals surface area contributed by atoms with Gasteiger partial charge in [0.05, 0.1) is 5.39 Å². The Balaban J connectivity index is 1.00. The van der Waals surface area contributed by atoms with Gasteiger partial charge in [-0.1, -0.05) is 6.07 Å². The van der Waals surface area contributed by atoms with Crippen molar-refractivity contribution in [1.29, 1.82) is 5.26 Å². The van der Waals surface area contributed by atoms with Crippen LogP contribution in [0.5, 0.6) is 0 Å². The average Bonchev–Trinajstić information content (AvgIpc) is 3.58. The molecule has 3 N–H and O–H groups in total. The molecule has 0 atom stereocenters. The molecule has 4 aromatic rings. The van der Waals surface area contributed by atoms with E-state index in [0.717, 1.165) is 81.0 Å². The van der Waals surface area contributed by atoms with Crippen molar-refractivity contribution in [2.24, 2.45) is 5.41 Å². The minimum atomic E-state index is -4.20. The SMILES string of the molecule is CNc1nc(NC2CCN(Cc3ccc4c(cc(C#N)n4CC45CC(NC=O)(C4)C5)c3C)CC2)c2cc(CCC(F)(F)F)sc2n1. The van der Waals surface area contributed by atoms with Crippen LogP contribution < -0.4 is 16.0 Å². The van der Waals surface area contributed by atoms with Gasteiger partial charge in [-0.25, -0.2) is 4.98 Å². The first-order valence-corrected chi connectivity index (χ1v) is 16.6. The number of fused-ring (bicyclic) bond motifs is 2. The van der Waals surface area contributed by atoms with Gasteiger partial charge in [-0.3, -0.25) is 9.69 Å². The Kier molecular flexibility index (Phi) is 7.63. The Morgan fingerprint density at radius 2 is 1.91 bits per heavy atom. The number of halogens is 3. The number of hydrogen-bond donors (Lipinski definition) is 3. The van der Waals surface area contributed by atoms with Crippen LogP contribution in [-0.4, -0.2) is 63.7 Å². The first-order valence-electron chi connectivity index (χ1n) is 15.8. The quantitative estimate of drug-likeness (QED) is 0.168. The highest BCUT2D eigenvalue weighted by Crippen LogP contribution is 2.68. The monoisotopic (exact) mass is 650 g/mol. The molecule has 4 heterocycles. The maximum atomic E-state index is 12.8. The molecule has 1 aliphatic heterocycles. The first-order chi connectivity index (χ1) is 22.0. The van der Waals surface area contributed by atoms with E-state index in [2.05, 4.69) is 60.5 Å². The number of nitrogens with one attached hydrogen (secondary N) is 3. The highest BCUT2D eigenvalue weighted by Gasteiger charge is 2.67. The van der Waals surface area contributed by atoms with E-state index in [4.69, 9.17) is 0 Å². The second-order valence-corrected chi connectivity index (χ2v) is 14.6. The average molecular weight is 651 g/mol. The summed E-state index contributed by atoms with van der Waals surface area (Å²) < 4.78 is 40.6. The van der Waals surface area contributed by atoms with E-state index in [1.54, 1.807) is 13.1 Å². The molecule has 1 aromatic carbocycles. The molecule has 13 heteroatoms. The summed E-state index contributed by atoms with van der Waals surface area (Å²) in [6.07, 6.45) is 0.426. The van der Waals surface area contributed by atoms with Crippen LogP contribution in [0.4, 0.5) is 24.9 Å². The Bertz CT molecular complexity index is 1830. The van der Waals surface area contributed by atoms with Crippen LogP contribution >= 0.6 is 11.3 Å². The molecule has 2 bridgehead atoms. The van der Waals surface area contributed by atoms with Gasteiger partial charge in [0.1, 0.15) is 22.4 Å². The second kappa shape index (κ2) is 11.4. The smallest absolute Gasteiger partial charge is 0.367 e. The molecule has 4 fully saturated rings. The first kappa shape index (κ1) is 30.7. The zero-order chi connectivity index (χ0) is 32.3. The molecule has 8 rings (SSSR count). The van der Waals surface area contributed by atoms with E-state index in [0.29, 0.717) is 27.2 Å². The molecule has 4 aliphatic rings. The summed E-state index contributed by atoms with van der Waals surface area (Å²) >= 11 is 1.29. The Morgan fingerprint density at radius 1 is 1.15 bits per heavy atom. The fraction of sp³-hybridized carbons (Fsp3) is 0.515. The third-order valence-electron chi connectivity index (χ3n) is 10.2. The van der Waals surface area contributed by atoms with Crippen LogP contribution in [0.25, 0.3) is 21.1 Å². The standard InChI is InChI=1S/C33H37F3N8OS/c1-20-21(3-4-27-25(20)11-23(13-37)44(27)18-31-15-32(16-31,17-31)39-19-45)14-43-9-6-22(7-10-43)40-28-26-12-24(5-8-33(34,35)36)46-29(26)42-30(38-2)41-28/h3-4,11-12,19,22H,5-10,14-18H2,1-2H3,(H,39,45)(H2,38,40,41,42). The predicted molar refractivity (Wildman–Crippen MR) is 173 cm³/mol. The number of anilines is 2. The number of carbonyl (C=O) groups excluding carboxylic acids is 1. The van der Waals surface area contributed by atoms with Crippen LogP contribution in [0, 0.1) is 23.7 Å². The summed E-state index contributed by atoms with van der Waals surface area (Å²) in [5.41, 5.74) is 4.38. The van der Waals surface area contributed by atoms with Gasteiger partial charge >= 0.3 is 6.18 Å². The van der Waals surface area contributed by atoms with E-state index in [1.807, 2.05) is 6.07 Å². The summed E-state index contributed by atoms with van der Waals surface area (Å²) in [6, 6.07) is 10.8. The number of alkyl halides is 3. The van der Waals surface area contributed by atoms with Gasteiger partial charge in [-0.05, 0) is 80.2 Å². The molecule has 46 heavy (non-hydrogen) atoms. The summed E-state index contributed by atoms with van der Waals surface area (Å²) in [5, 5.41) is 21.4. The maximum absolute atomic E-state index is 12.8. The molecule has 1 amide bonds. The number of aryl methyl sites for hydroxylation is 2. The minimum absolute atomic E-state index is 0.0205. The normalized spacial score (nSPS) is 23.1. The zero-order valence-corrected chi connectivity index (χ0v) is 26.7. The molecular formula is C33H37F3N8OS. The van der Waals surface area contributed by atoms with Crippen molar-refractivity contribution >= 4 is 50.6 Å². The minimum Gasteiger partial charge on any atom is -0.367 e. The summed E-state index contributed by atoms with van der Waals surface area (Å²) in [7, 11) is 1.73. The van der Waals surface area contributed by atoms with E-state index < -0.39 is 12.6 Å². The van der Waals surface area contributed by atoms with Crippen LogP contribution in [0.3, 0.4) is 0 Å². The number of nitriles is 1. The van der Waals surface area contributed by atoms with Gasteiger partial charge in [0.15, 0.2) is 0 Å². The van der Waals surface area contributed by atoms with Gasteiger partial charge in [-0.2, -0.15) is 23.4 Å². The number of amides is 1. The number of benzene rings is 1. The van der Waals surface area contributed by atoms with Gasteiger partial charge in [0, 0.05) is 67.0 Å². The lowest BCUT2D eigenvalue weighted by Crippen LogP contribution is -2.74. The van der Waals surface area contributed by atoms with E-state index in [9.17, 15) is 23.2 Å². The number of thiophene rings is 1. The number of aromatic nitrogens is 3. The molecular weight excluding hydrogens is 613 g/mol. The Labute approximate surface area is 269 Å². The fourth-order valence-corrected chi connectivity index (χ4v) is 9.01. The Hall–Kier alpha value is -3.89. The number of hydrogen-bond acceptors (Lipinski definition) is 8. The van der Waals surface area contributed by atoms with Crippen molar-refractivity contribution in [3.05, 3.63) is 46.0 Å². The van der Waals surface area contributed by atoms with Crippen molar-refractivity contribution < 1.29 is 18.0 Å². The number of piperidine rings is 1. The highest BCUT2D eigenvalue weighted by atomic mass is 32.1. The Morgan fingerprint density at radius 3 is 2.59 bits per heavy atom. The highest BCUT2D eigenvalue weighted by molar-refractivity contribution is 7.18. The number of carbonyl (C=O) groups is 1. The summed E-state index contributed by atoms with van der Waals surface area (Å²) in [5.74, 6) is 1.11. The molecule has 3 aromatic heterocycles. The number of rotatable bonds is 11. The number of likely N-dealkylation sites (tertiary alicyclic amines) is 1.